The number of nitrogens with zero attached hydrogens (tertiary/aromatic N) is 2. The zero-order chi connectivity index (χ0) is 17.2. The summed E-state index contributed by atoms with van der Waals surface area (Å²) in [6.07, 6.45) is 4.21. The third-order valence-electron chi connectivity index (χ3n) is 4.15. The molecule has 2 aromatic heterocycles. The first-order valence-corrected chi connectivity index (χ1v) is 9.32. The Morgan fingerprint density at radius 2 is 2.08 bits per heavy atom. The molecule has 1 aliphatic carbocycles. The number of thioether (sulfide) groups is 1. The molecule has 0 radical (unpaired) electrons. The van der Waals surface area contributed by atoms with Crippen molar-refractivity contribution in [1.29, 1.82) is 0 Å². The van der Waals surface area contributed by atoms with Gasteiger partial charge in [0.25, 0.3) is 5.56 Å². The van der Waals surface area contributed by atoms with Crippen molar-refractivity contribution < 1.29 is 9.84 Å². The quantitative estimate of drug-likeness (QED) is 0.502. The van der Waals surface area contributed by atoms with Crippen molar-refractivity contribution >= 4 is 22.8 Å². The van der Waals surface area contributed by atoms with E-state index in [1.165, 1.54) is 24.6 Å². The fraction of sp³-hybridized carbons (Fsp3) is 0.333. The molecule has 3 aromatic rings. The lowest BCUT2D eigenvalue weighted by Gasteiger charge is -2.12. The topological polar surface area (TPSA) is 80.1 Å². The van der Waals surface area contributed by atoms with Crippen LogP contribution in [0.2, 0.25) is 0 Å². The summed E-state index contributed by atoms with van der Waals surface area (Å²) in [7, 11) is 0. The number of hydrogen-bond acceptors (Lipinski definition) is 5. The van der Waals surface area contributed by atoms with Crippen LogP contribution in [-0.4, -0.2) is 38.6 Å². The molecule has 0 amide bonds. The Morgan fingerprint density at radius 1 is 1.28 bits per heavy atom. The Labute approximate surface area is 148 Å². The normalized spacial score (nSPS) is 14.1. The fourth-order valence-electron chi connectivity index (χ4n) is 2.63. The van der Waals surface area contributed by atoms with Crippen molar-refractivity contribution in [1.82, 2.24) is 14.5 Å². The molecule has 0 aliphatic heterocycles. The van der Waals surface area contributed by atoms with Crippen LogP contribution in [0.25, 0.3) is 16.7 Å². The van der Waals surface area contributed by atoms with Crippen molar-refractivity contribution in [3.63, 3.8) is 0 Å². The first-order chi connectivity index (χ1) is 12.3. The molecule has 1 aliphatic rings. The van der Waals surface area contributed by atoms with Gasteiger partial charge in [-0.1, -0.05) is 11.8 Å². The number of rotatable bonds is 7. The Kier molecular flexibility index (Phi) is 4.50. The zero-order valence-electron chi connectivity index (χ0n) is 13.6. The van der Waals surface area contributed by atoms with Gasteiger partial charge in [-0.3, -0.25) is 9.36 Å². The molecule has 0 atom stereocenters. The number of benzene rings is 1. The highest BCUT2D eigenvalue weighted by molar-refractivity contribution is 7.99. The van der Waals surface area contributed by atoms with Crippen LogP contribution < -0.4 is 10.3 Å². The lowest BCUT2D eigenvalue weighted by molar-refractivity contribution is 0.300. The van der Waals surface area contributed by atoms with E-state index in [1.54, 1.807) is 16.8 Å². The van der Waals surface area contributed by atoms with E-state index in [4.69, 9.17) is 9.84 Å². The number of hydrogen-bond donors (Lipinski definition) is 2. The van der Waals surface area contributed by atoms with E-state index in [9.17, 15) is 4.79 Å². The average Bonchev–Trinajstić information content (AvgIpc) is 3.34. The molecule has 2 heterocycles. The monoisotopic (exact) mass is 357 g/mol. The minimum atomic E-state index is -0.151. The van der Waals surface area contributed by atoms with E-state index < -0.39 is 0 Å². The van der Waals surface area contributed by atoms with Gasteiger partial charge in [0.1, 0.15) is 11.3 Å². The molecule has 1 fully saturated rings. The summed E-state index contributed by atoms with van der Waals surface area (Å²) in [6.45, 7) is 0.784. The first kappa shape index (κ1) is 16.2. The Morgan fingerprint density at radius 3 is 2.80 bits per heavy atom. The summed E-state index contributed by atoms with van der Waals surface area (Å²) in [4.78, 5) is 20.4. The number of H-pyrrole nitrogens is 1. The number of aromatic nitrogens is 3. The molecule has 6 nitrogen and oxygen atoms in total. The number of aliphatic hydroxyl groups excluding tert-OH is 1. The minimum absolute atomic E-state index is 0.0274. The highest BCUT2D eigenvalue weighted by Gasteiger charge is 2.22. The Balaban J connectivity index is 1.70. The first-order valence-electron chi connectivity index (χ1n) is 8.33. The van der Waals surface area contributed by atoms with Gasteiger partial charge in [-0.15, -0.1) is 0 Å². The van der Waals surface area contributed by atoms with Crippen LogP contribution in [0.4, 0.5) is 0 Å². The Hall–Kier alpha value is -2.25. The molecular formula is C18H19N3O3S. The van der Waals surface area contributed by atoms with Gasteiger partial charge in [-0.2, -0.15) is 0 Å². The number of ether oxygens (including phenoxy) is 1. The molecule has 7 heteroatoms. The molecule has 25 heavy (non-hydrogen) atoms. The van der Waals surface area contributed by atoms with E-state index in [0.29, 0.717) is 27.9 Å². The maximum atomic E-state index is 12.9. The van der Waals surface area contributed by atoms with E-state index in [-0.39, 0.29) is 12.2 Å². The van der Waals surface area contributed by atoms with Crippen LogP contribution in [0.15, 0.2) is 46.5 Å². The third-order valence-corrected chi connectivity index (χ3v) is 5.07. The van der Waals surface area contributed by atoms with Gasteiger partial charge in [0, 0.05) is 11.9 Å². The van der Waals surface area contributed by atoms with Crippen molar-refractivity contribution in [2.24, 2.45) is 5.92 Å². The van der Waals surface area contributed by atoms with Crippen LogP contribution in [0.3, 0.4) is 0 Å². The Bertz CT molecular complexity index is 929. The minimum Gasteiger partial charge on any atom is -0.493 e. The van der Waals surface area contributed by atoms with Gasteiger partial charge in [-0.25, -0.2) is 4.98 Å². The lowest BCUT2D eigenvalue weighted by atomic mass is 10.3. The van der Waals surface area contributed by atoms with Crippen LogP contribution >= 0.6 is 11.8 Å². The number of fused-ring (bicyclic) bond motifs is 1. The molecular weight excluding hydrogens is 338 g/mol. The molecule has 0 bridgehead atoms. The molecule has 4 rings (SSSR count). The van der Waals surface area contributed by atoms with Crippen LogP contribution in [0, 0.1) is 5.92 Å². The second-order valence-electron chi connectivity index (χ2n) is 6.09. The predicted molar refractivity (Wildman–Crippen MR) is 97.7 cm³/mol. The summed E-state index contributed by atoms with van der Waals surface area (Å²) in [5, 5.41) is 9.69. The van der Waals surface area contributed by atoms with Crippen LogP contribution in [0.1, 0.15) is 12.8 Å². The smallest absolute Gasteiger partial charge is 0.283 e. The summed E-state index contributed by atoms with van der Waals surface area (Å²) >= 11 is 1.36. The SMILES string of the molecule is O=c1c2[nH]ccc2nc(SCCO)n1-c1ccc(OCC2CC2)cc1. The predicted octanol–water partition coefficient (Wildman–Crippen LogP) is 2.59. The van der Waals surface area contributed by atoms with E-state index in [0.717, 1.165) is 18.0 Å². The van der Waals surface area contributed by atoms with E-state index in [2.05, 4.69) is 9.97 Å². The largest absolute Gasteiger partial charge is 0.493 e. The second kappa shape index (κ2) is 6.93. The molecule has 0 saturated heterocycles. The number of aromatic amines is 1. The molecule has 0 spiro atoms. The van der Waals surface area contributed by atoms with Crippen molar-refractivity contribution in [3.8, 4) is 11.4 Å². The summed E-state index contributed by atoms with van der Waals surface area (Å²) < 4.78 is 7.33. The highest BCUT2D eigenvalue weighted by atomic mass is 32.2. The molecule has 1 saturated carbocycles. The highest BCUT2D eigenvalue weighted by Crippen LogP contribution is 2.30. The van der Waals surface area contributed by atoms with Crippen LogP contribution in [-0.2, 0) is 0 Å². The van der Waals surface area contributed by atoms with Crippen LogP contribution in [0.5, 0.6) is 5.75 Å². The number of aliphatic hydroxyl groups is 1. The molecule has 2 N–H and O–H groups in total. The van der Waals surface area contributed by atoms with Crippen molar-refractivity contribution in [2.75, 3.05) is 19.0 Å². The van der Waals surface area contributed by atoms with Gasteiger partial charge in [-0.05, 0) is 49.1 Å². The van der Waals surface area contributed by atoms with E-state index in [1.807, 2.05) is 24.3 Å². The van der Waals surface area contributed by atoms with Crippen molar-refractivity contribution in [2.45, 2.75) is 18.0 Å². The lowest BCUT2D eigenvalue weighted by Crippen LogP contribution is -2.22. The maximum Gasteiger partial charge on any atom is 0.283 e. The van der Waals surface area contributed by atoms with Gasteiger partial charge < -0.3 is 14.8 Å². The van der Waals surface area contributed by atoms with Gasteiger partial charge in [0.2, 0.25) is 0 Å². The zero-order valence-corrected chi connectivity index (χ0v) is 14.5. The summed E-state index contributed by atoms with van der Waals surface area (Å²) in [5.41, 5.74) is 1.68. The van der Waals surface area contributed by atoms with Gasteiger partial charge >= 0.3 is 0 Å². The molecule has 130 valence electrons. The maximum absolute atomic E-state index is 12.9. The average molecular weight is 357 g/mol. The van der Waals surface area contributed by atoms with Gasteiger partial charge in [0.15, 0.2) is 5.16 Å². The fourth-order valence-corrected chi connectivity index (χ4v) is 3.38. The second-order valence-corrected chi connectivity index (χ2v) is 7.16. The third kappa shape index (κ3) is 3.43. The summed E-state index contributed by atoms with van der Waals surface area (Å²) in [5.74, 6) is 1.98. The standard InChI is InChI=1S/C18H19N3O3S/c22-9-10-25-18-20-15-7-8-19-16(15)17(23)21(18)13-3-5-14(6-4-13)24-11-12-1-2-12/h3-8,12,19,22H,1-2,9-11H2. The molecule has 0 unspecified atom stereocenters. The summed E-state index contributed by atoms with van der Waals surface area (Å²) in [6, 6.07) is 9.26. The molecule has 1 aromatic carbocycles. The van der Waals surface area contributed by atoms with E-state index >= 15 is 0 Å². The van der Waals surface area contributed by atoms with Gasteiger partial charge in [0.05, 0.1) is 24.4 Å². The number of nitrogens with one attached hydrogen (secondary N) is 1. The van der Waals surface area contributed by atoms with Crippen molar-refractivity contribution in [3.05, 3.63) is 46.9 Å².